The molecule has 0 saturated heterocycles. The van der Waals surface area contributed by atoms with Crippen LogP contribution in [0.3, 0.4) is 0 Å². The number of nitrogens with one attached hydrogen (secondary N) is 1. The zero-order valence-electron chi connectivity index (χ0n) is 10.1. The van der Waals surface area contributed by atoms with Crippen LogP contribution in [0.1, 0.15) is 17.7 Å². The molecule has 1 atom stereocenters. The van der Waals surface area contributed by atoms with Gasteiger partial charge in [0.25, 0.3) is 0 Å². The quantitative estimate of drug-likeness (QED) is 0.863. The third-order valence-electron chi connectivity index (χ3n) is 2.57. The topological polar surface area (TPSA) is 55.4 Å². The minimum Gasteiger partial charge on any atom is -0.466 e. The summed E-state index contributed by atoms with van der Waals surface area (Å²) in [5.74, 6) is 0.206. The SMILES string of the molecule is COC(=O)C1=C(NC(C)=O)SCC1c1cccs1. The van der Waals surface area contributed by atoms with E-state index in [9.17, 15) is 9.59 Å². The van der Waals surface area contributed by atoms with Gasteiger partial charge in [0.15, 0.2) is 0 Å². The van der Waals surface area contributed by atoms with E-state index in [2.05, 4.69) is 5.32 Å². The lowest BCUT2D eigenvalue weighted by Crippen LogP contribution is -2.21. The van der Waals surface area contributed by atoms with Crippen molar-refractivity contribution < 1.29 is 14.3 Å². The second-order valence-electron chi connectivity index (χ2n) is 3.79. The first-order valence-electron chi connectivity index (χ1n) is 5.39. The van der Waals surface area contributed by atoms with Gasteiger partial charge in [0.05, 0.1) is 17.7 Å². The summed E-state index contributed by atoms with van der Waals surface area (Å²) in [4.78, 5) is 24.1. The van der Waals surface area contributed by atoms with E-state index in [-0.39, 0.29) is 17.8 Å². The number of ether oxygens (including phenoxy) is 1. The molecule has 0 saturated carbocycles. The van der Waals surface area contributed by atoms with Crippen LogP contribution in [0, 0.1) is 0 Å². The van der Waals surface area contributed by atoms with Gasteiger partial charge >= 0.3 is 5.97 Å². The van der Waals surface area contributed by atoms with Crippen LogP contribution in [0.2, 0.25) is 0 Å². The Balaban J connectivity index is 2.35. The molecule has 18 heavy (non-hydrogen) atoms. The van der Waals surface area contributed by atoms with Gasteiger partial charge in [-0.2, -0.15) is 0 Å². The highest BCUT2D eigenvalue weighted by atomic mass is 32.2. The summed E-state index contributed by atoms with van der Waals surface area (Å²) < 4.78 is 4.82. The van der Waals surface area contributed by atoms with E-state index in [4.69, 9.17) is 4.74 Å². The molecule has 0 radical (unpaired) electrons. The van der Waals surface area contributed by atoms with Gasteiger partial charge in [-0.1, -0.05) is 6.07 Å². The predicted molar refractivity (Wildman–Crippen MR) is 72.4 cm³/mol. The Hall–Kier alpha value is -1.27. The lowest BCUT2D eigenvalue weighted by molar-refractivity contribution is -0.136. The van der Waals surface area contributed by atoms with Crippen LogP contribution in [0.5, 0.6) is 0 Å². The second kappa shape index (κ2) is 5.58. The summed E-state index contributed by atoms with van der Waals surface area (Å²) in [6, 6.07) is 3.95. The first-order valence-corrected chi connectivity index (χ1v) is 7.26. The summed E-state index contributed by atoms with van der Waals surface area (Å²) in [6.45, 7) is 1.43. The number of hydrogen-bond donors (Lipinski definition) is 1. The molecular formula is C12H13NO3S2. The van der Waals surface area contributed by atoms with Crippen molar-refractivity contribution in [1.29, 1.82) is 0 Å². The number of amides is 1. The van der Waals surface area contributed by atoms with E-state index in [0.717, 1.165) is 10.6 Å². The molecule has 1 aliphatic rings. The minimum absolute atomic E-state index is 0.00398. The first kappa shape index (κ1) is 13.2. The van der Waals surface area contributed by atoms with E-state index in [0.29, 0.717) is 10.6 Å². The third-order valence-corrected chi connectivity index (χ3v) is 4.67. The molecule has 4 nitrogen and oxygen atoms in total. The Labute approximate surface area is 113 Å². The van der Waals surface area contributed by atoms with Crippen molar-refractivity contribution in [3.05, 3.63) is 33.0 Å². The van der Waals surface area contributed by atoms with Crippen LogP contribution in [0.4, 0.5) is 0 Å². The van der Waals surface area contributed by atoms with Crippen molar-refractivity contribution in [3.63, 3.8) is 0 Å². The molecule has 1 unspecified atom stereocenters. The Morgan fingerprint density at radius 1 is 1.50 bits per heavy atom. The fraction of sp³-hybridized carbons (Fsp3) is 0.333. The van der Waals surface area contributed by atoms with E-state index < -0.39 is 0 Å². The van der Waals surface area contributed by atoms with Gasteiger partial charge in [0.1, 0.15) is 0 Å². The lowest BCUT2D eigenvalue weighted by Gasteiger charge is -2.11. The van der Waals surface area contributed by atoms with Gasteiger partial charge < -0.3 is 10.1 Å². The molecule has 6 heteroatoms. The maximum atomic E-state index is 11.9. The Morgan fingerprint density at radius 3 is 2.83 bits per heavy atom. The summed E-state index contributed by atoms with van der Waals surface area (Å²) in [7, 11) is 1.36. The molecule has 1 amide bonds. The van der Waals surface area contributed by atoms with E-state index in [1.165, 1.54) is 25.8 Å². The molecule has 2 rings (SSSR count). The molecule has 0 bridgehead atoms. The zero-order chi connectivity index (χ0) is 13.1. The summed E-state index contributed by atoms with van der Waals surface area (Å²) in [6.07, 6.45) is 0. The van der Waals surface area contributed by atoms with Crippen LogP contribution in [-0.4, -0.2) is 24.7 Å². The van der Waals surface area contributed by atoms with Gasteiger partial charge in [0, 0.05) is 23.5 Å². The van der Waals surface area contributed by atoms with Gasteiger partial charge in [-0.25, -0.2) is 4.79 Å². The van der Waals surface area contributed by atoms with Gasteiger partial charge in [0.2, 0.25) is 5.91 Å². The maximum Gasteiger partial charge on any atom is 0.337 e. The highest BCUT2D eigenvalue weighted by molar-refractivity contribution is 8.03. The molecular weight excluding hydrogens is 270 g/mol. The number of carbonyl (C=O) groups excluding carboxylic acids is 2. The predicted octanol–water partition coefficient (Wildman–Crippen LogP) is 2.10. The fourth-order valence-corrected chi connectivity index (χ4v) is 4.03. The lowest BCUT2D eigenvalue weighted by atomic mass is 10.0. The molecule has 2 heterocycles. The maximum absolute atomic E-state index is 11.9. The van der Waals surface area contributed by atoms with Crippen LogP contribution >= 0.6 is 23.1 Å². The molecule has 0 spiro atoms. The molecule has 1 aliphatic heterocycles. The number of esters is 1. The van der Waals surface area contributed by atoms with Gasteiger partial charge in [-0.15, -0.1) is 23.1 Å². The van der Waals surface area contributed by atoms with E-state index in [1.54, 1.807) is 11.3 Å². The second-order valence-corrected chi connectivity index (χ2v) is 5.80. The molecule has 96 valence electrons. The van der Waals surface area contributed by atoms with Crippen molar-refractivity contribution in [3.8, 4) is 0 Å². The molecule has 0 aromatic carbocycles. The highest BCUT2D eigenvalue weighted by Crippen LogP contribution is 2.42. The van der Waals surface area contributed by atoms with Gasteiger partial charge in [-0.3, -0.25) is 4.79 Å². The molecule has 0 aliphatic carbocycles. The summed E-state index contributed by atoms with van der Waals surface area (Å²) in [5, 5.41) is 5.30. The number of rotatable bonds is 3. The molecule has 1 aromatic rings. The largest absolute Gasteiger partial charge is 0.466 e. The molecule has 0 fully saturated rings. The number of methoxy groups -OCH3 is 1. The smallest absolute Gasteiger partial charge is 0.337 e. The van der Waals surface area contributed by atoms with Crippen molar-refractivity contribution in [2.45, 2.75) is 12.8 Å². The first-order chi connectivity index (χ1) is 8.63. The highest BCUT2D eigenvalue weighted by Gasteiger charge is 2.34. The normalized spacial score (nSPS) is 18.9. The number of thioether (sulfide) groups is 1. The average molecular weight is 283 g/mol. The van der Waals surface area contributed by atoms with Crippen molar-refractivity contribution >= 4 is 35.0 Å². The minimum atomic E-state index is -0.373. The van der Waals surface area contributed by atoms with E-state index >= 15 is 0 Å². The Bertz CT molecular complexity index is 493. The van der Waals surface area contributed by atoms with Crippen LogP contribution in [0.15, 0.2) is 28.1 Å². The molecule has 1 aromatic heterocycles. The fourth-order valence-electron chi connectivity index (χ4n) is 1.81. The van der Waals surface area contributed by atoms with Crippen LogP contribution in [-0.2, 0) is 14.3 Å². The van der Waals surface area contributed by atoms with Crippen molar-refractivity contribution in [1.82, 2.24) is 5.32 Å². The van der Waals surface area contributed by atoms with Crippen molar-refractivity contribution in [2.24, 2.45) is 0 Å². The van der Waals surface area contributed by atoms with Crippen LogP contribution in [0.25, 0.3) is 0 Å². The molecule has 1 N–H and O–H groups in total. The summed E-state index contributed by atoms with van der Waals surface area (Å²) in [5.41, 5.74) is 0.556. The third kappa shape index (κ3) is 2.59. The van der Waals surface area contributed by atoms with Crippen LogP contribution < -0.4 is 5.32 Å². The monoisotopic (exact) mass is 283 g/mol. The van der Waals surface area contributed by atoms with Crippen molar-refractivity contribution in [2.75, 3.05) is 12.9 Å². The standard InChI is InChI=1S/C12H13NO3S2/c1-7(14)13-11-10(12(15)16-2)8(6-18-11)9-4-3-5-17-9/h3-5,8H,6H2,1-2H3,(H,13,14). The Morgan fingerprint density at radius 2 is 2.28 bits per heavy atom. The zero-order valence-corrected chi connectivity index (χ0v) is 11.7. The average Bonchev–Trinajstić information content (AvgIpc) is 2.95. The van der Waals surface area contributed by atoms with Gasteiger partial charge in [-0.05, 0) is 11.4 Å². The Kier molecular flexibility index (Phi) is 4.08. The summed E-state index contributed by atoms with van der Waals surface area (Å²) >= 11 is 3.09. The number of hydrogen-bond acceptors (Lipinski definition) is 5. The number of thiophene rings is 1. The number of carbonyl (C=O) groups is 2. The van der Waals surface area contributed by atoms with E-state index in [1.807, 2.05) is 17.5 Å².